The summed E-state index contributed by atoms with van der Waals surface area (Å²) in [5, 5.41) is 15.1. The zero-order valence-corrected chi connectivity index (χ0v) is 11.7. The lowest BCUT2D eigenvalue weighted by molar-refractivity contribution is 0.0464. The molecule has 2 heterocycles. The molecule has 1 aromatic carbocycles. The predicted octanol–water partition coefficient (Wildman–Crippen LogP) is 3.47. The average Bonchev–Trinajstić information content (AvgIpc) is 3.15. The average molecular weight is 301 g/mol. The smallest absolute Gasteiger partial charge is 0.338 e. The molecule has 3 rings (SSSR count). The van der Waals surface area contributed by atoms with Crippen molar-refractivity contribution in [3.8, 4) is 16.4 Å². The standard InChI is InChI=1S/C15H11NO4S/c17-12-4-1-3-10(7-12)15(18)19-9-11-8-13(20-16-11)14-5-2-6-21-14/h1-8,17H,9H2. The minimum atomic E-state index is -0.522. The third-order valence-corrected chi connectivity index (χ3v) is 3.64. The number of carbonyl (C=O) groups is 1. The first-order valence-corrected chi connectivity index (χ1v) is 7.06. The molecular weight excluding hydrogens is 290 g/mol. The molecule has 0 atom stereocenters. The fourth-order valence-electron chi connectivity index (χ4n) is 1.77. The highest BCUT2D eigenvalue weighted by atomic mass is 32.1. The van der Waals surface area contributed by atoms with Crippen molar-refractivity contribution in [3.05, 3.63) is 59.1 Å². The van der Waals surface area contributed by atoms with Gasteiger partial charge in [0.1, 0.15) is 18.1 Å². The molecule has 0 amide bonds. The van der Waals surface area contributed by atoms with Crippen LogP contribution in [0.1, 0.15) is 16.1 Å². The monoisotopic (exact) mass is 301 g/mol. The quantitative estimate of drug-likeness (QED) is 0.747. The second-order valence-corrected chi connectivity index (χ2v) is 5.23. The Bertz CT molecular complexity index is 749. The number of hydrogen-bond acceptors (Lipinski definition) is 6. The van der Waals surface area contributed by atoms with Crippen molar-refractivity contribution in [2.45, 2.75) is 6.61 Å². The summed E-state index contributed by atoms with van der Waals surface area (Å²) < 4.78 is 10.3. The molecule has 1 N–H and O–H groups in total. The van der Waals surface area contributed by atoms with Gasteiger partial charge in [0.25, 0.3) is 0 Å². The number of ether oxygens (including phenoxy) is 1. The molecule has 0 spiro atoms. The molecule has 0 saturated heterocycles. The Morgan fingerprint density at radius 2 is 2.19 bits per heavy atom. The van der Waals surface area contributed by atoms with Gasteiger partial charge in [-0.15, -0.1) is 11.3 Å². The van der Waals surface area contributed by atoms with E-state index in [4.69, 9.17) is 9.26 Å². The minimum Gasteiger partial charge on any atom is -0.508 e. The van der Waals surface area contributed by atoms with Crippen molar-refractivity contribution < 1.29 is 19.2 Å². The maximum Gasteiger partial charge on any atom is 0.338 e. The second-order valence-electron chi connectivity index (χ2n) is 4.29. The first kappa shape index (κ1) is 13.4. The molecular formula is C15H11NO4S. The molecule has 6 heteroatoms. The molecule has 3 aromatic rings. The summed E-state index contributed by atoms with van der Waals surface area (Å²) in [4.78, 5) is 12.8. The molecule has 0 aliphatic heterocycles. The number of phenols is 1. The highest BCUT2D eigenvalue weighted by molar-refractivity contribution is 7.13. The van der Waals surface area contributed by atoms with Crippen LogP contribution in [0.3, 0.4) is 0 Å². The molecule has 106 valence electrons. The van der Waals surface area contributed by atoms with Crippen molar-refractivity contribution in [3.63, 3.8) is 0 Å². The number of nitrogens with zero attached hydrogens (tertiary/aromatic N) is 1. The summed E-state index contributed by atoms with van der Waals surface area (Å²) in [7, 11) is 0. The number of rotatable bonds is 4. The number of benzene rings is 1. The van der Waals surface area contributed by atoms with Gasteiger partial charge in [-0.1, -0.05) is 17.3 Å². The molecule has 0 fully saturated rings. The van der Waals surface area contributed by atoms with Crippen LogP contribution in [0.4, 0.5) is 0 Å². The summed E-state index contributed by atoms with van der Waals surface area (Å²) in [5.41, 5.74) is 0.823. The third kappa shape index (κ3) is 3.11. The summed E-state index contributed by atoms with van der Waals surface area (Å²) in [6.07, 6.45) is 0. The van der Waals surface area contributed by atoms with Gasteiger partial charge in [0, 0.05) is 6.07 Å². The molecule has 21 heavy (non-hydrogen) atoms. The van der Waals surface area contributed by atoms with Crippen LogP contribution in [0.5, 0.6) is 5.75 Å². The van der Waals surface area contributed by atoms with Gasteiger partial charge in [0.2, 0.25) is 0 Å². The molecule has 0 bridgehead atoms. The SMILES string of the molecule is O=C(OCc1cc(-c2cccs2)on1)c1cccc(O)c1. The topological polar surface area (TPSA) is 72.6 Å². The summed E-state index contributed by atoms with van der Waals surface area (Å²) in [6, 6.07) is 11.6. The van der Waals surface area contributed by atoms with Crippen molar-refractivity contribution in [1.29, 1.82) is 0 Å². The lowest BCUT2D eigenvalue weighted by Gasteiger charge is -2.02. The van der Waals surface area contributed by atoms with Crippen LogP contribution < -0.4 is 0 Å². The molecule has 0 aliphatic rings. The number of thiophene rings is 1. The zero-order valence-electron chi connectivity index (χ0n) is 10.9. The number of carbonyl (C=O) groups excluding carboxylic acids is 1. The van der Waals surface area contributed by atoms with E-state index in [1.54, 1.807) is 29.5 Å². The Labute approximate surface area is 124 Å². The number of phenolic OH excluding ortho intramolecular Hbond substituents is 1. The van der Waals surface area contributed by atoms with Gasteiger partial charge in [-0.2, -0.15) is 0 Å². The van der Waals surface area contributed by atoms with Crippen LogP contribution >= 0.6 is 11.3 Å². The molecule has 0 aliphatic carbocycles. The maximum atomic E-state index is 11.8. The van der Waals surface area contributed by atoms with Gasteiger partial charge in [-0.25, -0.2) is 4.79 Å². The van der Waals surface area contributed by atoms with E-state index in [0.29, 0.717) is 11.5 Å². The Balaban J connectivity index is 1.64. The van der Waals surface area contributed by atoms with Crippen LogP contribution in [0.25, 0.3) is 10.6 Å². The largest absolute Gasteiger partial charge is 0.508 e. The van der Waals surface area contributed by atoms with Crippen LogP contribution in [-0.2, 0) is 11.3 Å². The van der Waals surface area contributed by atoms with Gasteiger partial charge >= 0.3 is 5.97 Å². The van der Waals surface area contributed by atoms with E-state index in [2.05, 4.69) is 5.16 Å². The fraction of sp³-hybridized carbons (Fsp3) is 0.0667. The number of hydrogen-bond donors (Lipinski definition) is 1. The Kier molecular flexibility index (Phi) is 3.70. The predicted molar refractivity (Wildman–Crippen MR) is 77.0 cm³/mol. The minimum absolute atomic E-state index is 0.0172. The number of aromatic hydroxyl groups is 1. The molecule has 0 radical (unpaired) electrons. The van der Waals surface area contributed by atoms with E-state index in [9.17, 15) is 9.90 Å². The van der Waals surface area contributed by atoms with Crippen LogP contribution in [0.2, 0.25) is 0 Å². The van der Waals surface area contributed by atoms with E-state index in [-0.39, 0.29) is 17.9 Å². The van der Waals surface area contributed by atoms with Crippen molar-refractivity contribution in [2.24, 2.45) is 0 Å². The molecule has 0 saturated carbocycles. The van der Waals surface area contributed by atoms with Crippen LogP contribution in [0.15, 0.2) is 52.4 Å². The van der Waals surface area contributed by atoms with E-state index in [1.165, 1.54) is 12.1 Å². The maximum absolute atomic E-state index is 11.8. The van der Waals surface area contributed by atoms with Gasteiger partial charge in [0.15, 0.2) is 5.76 Å². The fourth-order valence-corrected chi connectivity index (χ4v) is 2.44. The number of aromatic nitrogens is 1. The highest BCUT2D eigenvalue weighted by Crippen LogP contribution is 2.25. The van der Waals surface area contributed by atoms with E-state index < -0.39 is 5.97 Å². The zero-order chi connectivity index (χ0) is 14.7. The van der Waals surface area contributed by atoms with Crippen molar-refractivity contribution >= 4 is 17.3 Å². The Morgan fingerprint density at radius 1 is 1.29 bits per heavy atom. The second kappa shape index (κ2) is 5.80. The van der Waals surface area contributed by atoms with Gasteiger partial charge in [-0.3, -0.25) is 0 Å². The van der Waals surface area contributed by atoms with E-state index >= 15 is 0 Å². The summed E-state index contributed by atoms with van der Waals surface area (Å²) in [6.45, 7) is 0.0172. The first-order valence-electron chi connectivity index (χ1n) is 6.18. The third-order valence-electron chi connectivity index (χ3n) is 2.76. The summed E-state index contributed by atoms with van der Waals surface area (Å²) in [5.74, 6) is 0.144. The van der Waals surface area contributed by atoms with E-state index in [0.717, 1.165) is 4.88 Å². The van der Waals surface area contributed by atoms with Gasteiger partial charge in [-0.05, 0) is 29.6 Å². The Morgan fingerprint density at radius 3 is 2.95 bits per heavy atom. The van der Waals surface area contributed by atoms with Crippen molar-refractivity contribution in [1.82, 2.24) is 5.16 Å². The first-order chi connectivity index (χ1) is 10.2. The molecule has 5 nitrogen and oxygen atoms in total. The van der Waals surface area contributed by atoms with E-state index in [1.807, 2.05) is 17.5 Å². The van der Waals surface area contributed by atoms with Gasteiger partial charge in [0.05, 0.1) is 10.4 Å². The number of esters is 1. The lowest BCUT2D eigenvalue weighted by atomic mass is 10.2. The normalized spacial score (nSPS) is 10.5. The van der Waals surface area contributed by atoms with Gasteiger partial charge < -0.3 is 14.4 Å². The summed E-state index contributed by atoms with van der Waals surface area (Å²) >= 11 is 1.54. The highest BCUT2D eigenvalue weighted by Gasteiger charge is 2.11. The van der Waals surface area contributed by atoms with Crippen molar-refractivity contribution in [2.75, 3.05) is 0 Å². The van der Waals surface area contributed by atoms with Crippen LogP contribution in [-0.4, -0.2) is 16.2 Å². The lowest BCUT2D eigenvalue weighted by Crippen LogP contribution is -2.05. The van der Waals surface area contributed by atoms with Crippen LogP contribution in [0, 0.1) is 0 Å². The Hall–Kier alpha value is -2.60. The molecule has 2 aromatic heterocycles. The molecule has 0 unspecified atom stereocenters.